The van der Waals surface area contributed by atoms with Crippen molar-refractivity contribution in [3.05, 3.63) is 35.9 Å². The summed E-state index contributed by atoms with van der Waals surface area (Å²) < 4.78 is 20.2. The summed E-state index contributed by atoms with van der Waals surface area (Å²) in [7, 11) is 1.26. The van der Waals surface area contributed by atoms with Gasteiger partial charge in [0.15, 0.2) is 12.4 Å². The second kappa shape index (κ2) is 7.16. The van der Waals surface area contributed by atoms with Crippen LogP contribution in [0.4, 0.5) is 0 Å². The fraction of sp³-hybridized carbons (Fsp3) is 0.429. The van der Waals surface area contributed by atoms with Crippen molar-refractivity contribution in [2.75, 3.05) is 20.3 Å². The average Bonchev–Trinajstić information content (AvgIpc) is 3.02. The first-order chi connectivity index (χ1) is 10.1. The Bertz CT molecular complexity index is 491. The van der Waals surface area contributed by atoms with Crippen molar-refractivity contribution in [2.24, 2.45) is 5.73 Å². The number of esters is 2. The van der Waals surface area contributed by atoms with Gasteiger partial charge in [-0.25, -0.2) is 9.59 Å². The number of ether oxygens (including phenoxy) is 4. The van der Waals surface area contributed by atoms with E-state index in [4.69, 9.17) is 19.9 Å². The minimum atomic E-state index is -0.808. The van der Waals surface area contributed by atoms with Crippen LogP contribution in [0.3, 0.4) is 0 Å². The molecule has 0 amide bonds. The van der Waals surface area contributed by atoms with E-state index in [-0.39, 0.29) is 13.2 Å². The molecule has 2 N–H and O–H groups in total. The Kier molecular flexibility index (Phi) is 5.26. The van der Waals surface area contributed by atoms with Gasteiger partial charge in [-0.1, -0.05) is 18.2 Å². The number of carbonyl (C=O) groups excluding carboxylic acids is 2. The zero-order valence-electron chi connectivity index (χ0n) is 11.6. The van der Waals surface area contributed by atoms with Crippen LogP contribution in [0.15, 0.2) is 30.3 Å². The molecule has 7 nitrogen and oxygen atoms in total. The molecule has 7 heteroatoms. The molecule has 21 heavy (non-hydrogen) atoms. The van der Waals surface area contributed by atoms with Gasteiger partial charge in [0.1, 0.15) is 6.61 Å². The molecule has 1 aromatic rings. The van der Waals surface area contributed by atoms with Gasteiger partial charge in [-0.3, -0.25) is 0 Å². The molecule has 1 aromatic carbocycles. The SMILES string of the molecule is COC(=O)[C@H]1COC(C(N)COC(=O)c2ccccc2)O1. The quantitative estimate of drug-likeness (QED) is 0.768. The van der Waals surface area contributed by atoms with Gasteiger partial charge in [-0.05, 0) is 12.1 Å². The van der Waals surface area contributed by atoms with E-state index in [0.717, 1.165) is 0 Å². The van der Waals surface area contributed by atoms with Crippen LogP contribution in [0.25, 0.3) is 0 Å². The molecular weight excluding hydrogens is 278 g/mol. The molecule has 2 unspecified atom stereocenters. The lowest BCUT2D eigenvalue weighted by atomic mass is 10.2. The van der Waals surface area contributed by atoms with Gasteiger partial charge < -0.3 is 24.7 Å². The number of carbonyl (C=O) groups is 2. The number of hydrogen-bond acceptors (Lipinski definition) is 7. The van der Waals surface area contributed by atoms with E-state index in [1.165, 1.54) is 7.11 Å². The number of benzene rings is 1. The third-order valence-electron chi connectivity index (χ3n) is 2.94. The third kappa shape index (κ3) is 4.01. The highest BCUT2D eigenvalue weighted by molar-refractivity contribution is 5.89. The van der Waals surface area contributed by atoms with E-state index in [2.05, 4.69) is 4.74 Å². The highest BCUT2D eigenvalue weighted by Gasteiger charge is 2.36. The largest absolute Gasteiger partial charge is 0.467 e. The summed E-state index contributed by atoms with van der Waals surface area (Å²) in [5.41, 5.74) is 6.27. The first-order valence-corrected chi connectivity index (χ1v) is 6.44. The molecule has 1 heterocycles. The summed E-state index contributed by atoms with van der Waals surface area (Å²) in [6.45, 7) is -0.00996. The van der Waals surface area contributed by atoms with Gasteiger partial charge in [-0.15, -0.1) is 0 Å². The van der Waals surface area contributed by atoms with Crippen LogP contribution in [0.5, 0.6) is 0 Å². The molecular formula is C14H17NO6. The van der Waals surface area contributed by atoms with Crippen LogP contribution in [-0.4, -0.2) is 50.7 Å². The fourth-order valence-electron chi connectivity index (χ4n) is 1.81. The van der Waals surface area contributed by atoms with Gasteiger partial charge in [0.05, 0.1) is 25.3 Å². The maximum atomic E-state index is 11.7. The minimum absolute atomic E-state index is 0.0671. The van der Waals surface area contributed by atoms with Crippen LogP contribution in [0.2, 0.25) is 0 Å². The predicted molar refractivity (Wildman–Crippen MR) is 71.3 cm³/mol. The second-order valence-electron chi connectivity index (χ2n) is 4.48. The Morgan fingerprint density at radius 1 is 1.38 bits per heavy atom. The maximum absolute atomic E-state index is 11.7. The monoisotopic (exact) mass is 295 g/mol. The van der Waals surface area contributed by atoms with E-state index in [1.807, 2.05) is 0 Å². The van der Waals surface area contributed by atoms with Crippen LogP contribution in [0.1, 0.15) is 10.4 Å². The summed E-state index contributed by atoms with van der Waals surface area (Å²) in [5, 5.41) is 0. The van der Waals surface area contributed by atoms with Crippen molar-refractivity contribution in [3.8, 4) is 0 Å². The van der Waals surface area contributed by atoms with E-state index < -0.39 is 30.4 Å². The lowest BCUT2D eigenvalue weighted by molar-refractivity contribution is -0.155. The Balaban J connectivity index is 1.79. The molecule has 2 rings (SSSR count). The fourth-order valence-corrected chi connectivity index (χ4v) is 1.81. The molecule has 0 radical (unpaired) electrons. The van der Waals surface area contributed by atoms with Crippen molar-refractivity contribution >= 4 is 11.9 Å². The zero-order valence-corrected chi connectivity index (χ0v) is 11.6. The first kappa shape index (κ1) is 15.4. The Morgan fingerprint density at radius 2 is 2.10 bits per heavy atom. The van der Waals surface area contributed by atoms with Crippen molar-refractivity contribution < 1.29 is 28.5 Å². The van der Waals surface area contributed by atoms with Crippen LogP contribution >= 0.6 is 0 Å². The topological polar surface area (TPSA) is 97.1 Å². The Labute approximate surface area is 121 Å². The normalized spacial score (nSPS) is 22.6. The highest BCUT2D eigenvalue weighted by Crippen LogP contribution is 2.15. The molecule has 0 bridgehead atoms. The standard InChI is InChI=1S/C14H17NO6/c1-18-13(17)11-8-20-14(21-11)10(15)7-19-12(16)9-5-3-2-4-6-9/h2-6,10-11,14H,7-8,15H2,1H3/t10?,11-,14?/m1/s1. The van der Waals surface area contributed by atoms with Crippen molar-refractivity contribution in [3.63, 3.8) is 0 Å². The number of methoxy groups -OCH3 is 1. The lowest BCUT2D eigenvalue weighted by Crippen LogP contribution is -2.41. The molecule has 0 aromatic heterocycles. The molecule has 1 fully saturated rings. The van der Waals surface area contributed by atoms with Gasteiger partial charge in [-0.2, -0.15) is 0 Å². The molecule has 1 saturated heterocycles. The van der Waals surface area contributed by atoms with Crippen LogP contribution in [-0.2, 0) is 23.7 Å². The van der Waals surface area contributed by atoms with E-state index in [1.54, 1.807) is 30.3 Å². The molecule has 114 valence electrons. The second-order valence-corrected chi connectivity index (χ2v) is 4.48. The van der Waals surface area contributed by atoms with Gasteiger partial charge in [0, 0.05) is 0 Å². The van der Waals surface area contributed by atoms with Gasteiger partial charge in [0.25, 0.3) is 0 Å². The molecule has 3 atom stereocenters. The Hall–Kier alpha value is -1.96. The maximum Gasteiger partial charge on any atom is 0.338 e. The van der Waals surface area contributed by atoms with E-state index in [0.29, 0.717) is 5.56 Å². The van der Waals surface area contributed by atoms with E-state index >= 15 is 0 Å². The highest BCUT2D eigenvalue weighted by atomic mass is 16.7. The average molecular weight is 295 g/mol. The van der Waals surface area contributed by atoms with Crippen molar-refractivity contribution in [2.45, 2.75) is 18.4 Å². The van der Waals surface area contributed by atoms with E-state index in [9.17, 15) is 9.59 Å². The first-order valence-electron chi connectivity index (χ1n) is 6.44. The molecule has 1 aliphatic rings. The summed E-state index contributed by atoms with van der Waals surface area (Å²) in [6, 6.07) is 7.87. The number of rotatable bonds is 5. The molecule has 0 spiro atoms. The summed E-state index contributed by atoms with van der Waals surface area (Å²) in [5.74, 6) is -1.00. The number of hydrogen-bond donors (Lipinski definition) is 1. The van der Waals surface area contributed by atoms with Crippen LogP contribution in [0, 0.1) is 0 Å². The Morgan fingerprint density at radius 3 is 2.76 bits per heavy atom. The van der Waals surface area contributed by atoms with Gasteiger partial charge in [0.2, 0.25) is 0 Å². The van der Waals surface area contributed by atoms with Crippen molar-refractivity contribution in [1.29, 1.82) is 0 Å². The third-order valence-corrected chi connectivity index (χ3v) is 2.94. The zero-order chi connectivity index (χ0) is 15.2. The summed E-state index contributed by atoms with van der Waals surface area (Å²) in [6.07, 6.45) is -1.60. The number of nitrogens with two attached hydrogens (primary N) is 1. The van der Waals surface area contributed by atoms with Crippen LogP contribution < -0.4 is 5.73 Å². The lowest BCUT2D eigenvalue weighted by Gasteiger charge is -2.18. The minimum Gasteiger partial charge on any atom is -0.467 e. The summed E-state index contributed by atoms with van der Waals surface area (Å²) >= 11 is 0. The molecule has 0 aliphatic carbocycles. The van der Waals surface area contributed by atoms with Crippen molar-refractivity contribution in [1.82, 2.24) is 0 Å². The molecule has 0 saturated carbocycles. The van der Waals surface area contributed by atoms with Gasteiger partial charge >= 0.3 is 11.9 Å². The smallest absolute Gasteiger partial charge is 0.338 e. The summed E-state index contributed by atoms with van der Waals surface area (Å²) in [4.78, 5) is 23.0. The predicted octanol–water partition coefficient (Wildman–Crippen LogP) is 0.0852. The molecule has 1 aliphatic heterocycles.